The van der Waals surface area contributed by atoms with Crippen molar-refractivity contribution >= 4 is 211 Å². The highest BCUT2D eigenvalue weighted by atomic mass is 32.1. The first-order valence-corrected chi connectivity index (χ1v) is 48.9. The minimum atomic E-state index is 1.06. The zero-order valence-electron chi connectivity index (χ0n) is 73.4. The van der Waals surface area contributed by atoms with Crippen LogP contribution in [0.1, 0.15) is 0 Å². The lowest BCUT2D eigenvalue weighted by atomic mass is 10.0. The van der Waals surface area contributed by atoms with Crippen molar-refractivity contribution in [1.29, 1.82) is 0 Å². The molecule has 0 fully saturated rings. The second-order valence-corrected chi connectivity index (χ2v) is 38.0. The largest absolute Gasteiger partial charge is 0.311 e. The number of hydrogen-bond donors (Lipinski definition) is 0. The molecule has 21 aromatic carbocycles. The smallest absolute Gasteiger partial charge is 0.0463 e. The monoisotopic (exact) mass is 1800 g/mol. The van der Waals surface area contributed by atoms with Gasteiger partial charge in [-0.05, 0) is 262 Å². The quantitative estimate of drug-likeness (QED) is 0.0754. The van der Waals surface area contributed by atoms with Crippen LogP contribution in [-0.4, -0.2) is 0 Å². The molecular formula is C126H85N5S4. The van der Waals surface area contributed by atoms with E-state index in [4.69, 9.17) is 0 Å². The van der Waals surface area contributed by atoms with Gasteiger partial charge >= 0.3 is 0 Å². The van der Waals surface area contributed by atoms with Crippen LogP contribution in [0.2, 0.25) is 0 Å². The van der Waals surface area contributed by atoms with Gasteiger partial charge in [-0.1, -0.05) is 309 Å². The fraction of sp³-hybridized carbons (Fsp3) is 0. The van der Waals surface area contributed by atoms with Gasteiger partial charge in [0.2, 0.25) is 0 Å². The Morgan fingerprint density at radius 1 is 0.104 bits per heavy atom. The van der Waals surface area contributed by atoms with E-state index in [9.17, 15) is 0 Å². The number of nitrogens with zero attached hydrogens (tertiary/aromatic N) is 5. The van der Waals surface area contributed by atoms with E-state index in [0.29, 0.717) is 0 Å². The summed E-state index contributed by atoms with van der Waals surface area (Å²) in [5, 5.41) is 10.5. The summed E-state index contributed by atoms with van der Waals surface area (Å²) in [6, 6.07) is 187. The Kier molecular flexibility index (Phi) is 21.8. The predicted molar refractivity (Wildman–Crippen MR) is 585 cm³/mol. The first-order valence-electron chi connectivity index (χ1n) is 45.6. The summed E-state index contributed by atoms with van der Waals surface area (Å²) in [4.78, 5) is 11.7. The number of benzene rings is 21. The fourth-order valence-electron chi connectivity index (χ4n) is 19.3. The van der Waals surface area contributed by atoms with Gasteiger partial charge < -0.3 is 24.5 Å². The molecule has 0 bridgehead atoms. The van der Waals surface area contributed by atoms with Crippen LogP contribution in [-0.2, 0) is 0 Å². The lowest BCUT2D eigenvalue weighted by Gasteiger charge is -2.29. The summed E-state index contributed by atoms with van der Waals surface area (Å²) >= 11 is 7.50. The first kappa shape index (κ1) is 81.7. The third-order valence-corrected chi connectivity index (χ3v) is 30.6. The molecule has 135 heavy (non-hydrogen) atoms. The maximum atomic E-state index is 2.37. The number of rotatable bonds is 20. The molecular weight excluding hydrogens is 1710 g/mol. The highest BCUT2D eigenvalue weighted by Crippen LogP contribution is 2.50. The zero-order valence-corrected chi connectivity index (χ0v) is 76.7. The van der Waals surface area contributed by atoms with Gasteiger partial charge in [0.15, 0.2) is 0 Å². The van der Waals surface area contributed by atoms with Crippen LogP contribution in [0.25, 0.3) is 136 Å². The first-order chi connectivity index (χ1) is 66.9. The van der Waals surface area contributed by atoms with Crippen molar-refractivity contribution in [3.8, 4) is 55.6 Å². The Morgan fingerprint density at radius 3 is 0.430 bits per heavy atom. The summed E-state index contributed by atoms with van der Waals surface area (Å²) in [5.74, 6) is 0. The van der Waals surface area contributed by atoms with Crippen molar-refractivity contribution in [2.45, 2.75) is 0 Å². The van der Waals surface area contributed by atoms with Crippen molar-refractivity contribution in [2.75, 3.05) is 24.5 Å². The van der Waals surface area contributed by atoms with Crippen LogP contribution in [0, 0.1) is 0 Å². The average molecular weight is 1800 g/mol. The predicted octanol–water partition coefficient (Wildman–Crippen LogP) is 38.5. The maximum Gasteiger partial charge on any atom is 0.0463 e. The zero-order chi connectivity index (χ0) is 89.5. The van der Waals surface area contributed by atoms with Gasteiger partial charge in [0.1, 0.15) is 0 Å². The van der Waals surface area contributed by atoms with Crippen LogP contribution in [0.4, 0.5) is 85.3 Å². The van der Waals surface area contributed by atoms with Crippen molar-refractivity contribution in [3.63, 3.8) is 0 Å². The summed E-state index contributed by atoms with van der Waals surface area (Å²) in [6.45, 7) is 0. The number of fused-ring (bicyclic) bond motifs is 12. The molecule has 0 atom stereocenters. The Bertz CT molecular complexity index is 7980. The molecule has 0 N–H and O–H groups in total. The lowest BCUT2D eigenvalue weighted by Crippen LogP contribution is -2.12. The van der Waals surface area contributed by atoms with E-state index in [-0.39, 0.29) is 0 Å². The Hall–Kier alpha value is -16.5. The molecule has 0 aliphatic carbocycles. The van der Waals surface area contributed by atoms with Crippen molar-refractivity contribution < 1.29 is 0 Å². The SMILES string of the molecule is c1ccc(N(c2ccc(-c3cccc4c3sc3ccccc34)cc2)c2ccc(-c3cccc4c3sc3ccccc34)cc2)cc1.c1ccc(N(c2ccccc2)c2ccc(N(c3ccc(-c4ccc(N(c5ccc(-c6cccc7c6sc6ccccc67)cc5)c5ccc(N(c6ccccc6)c6ccccc6)cc5)cc4)cc3)c3ccc(-c4cccc5c4sc4ccccc45)cc3)cc2)cc1. The van der Waals surface area contributed by atoms with Gasteiger partial charge in [-0.25, -0.2) is 0 Å². The van der Waals surface area contributed by atoms with Gasteiger partial charge in [-0.3, -0.25) is 0 Å². The Balaban J connectivity index is 0.000000185. The Morgan fingerprint density at radius 2 is 0.244 bits per heavy atom. The number of thiophene rings is 4. The average Bonchev–Trinajstić information content (AvgIpc) is 1.64. The van der Waals surface area contributed by atoms with Crippen LogP contribution in [0.15, 0.2) is 516 Å². The Labute approximate surface area is 800 Å². The van der Waals surface area contributed by atoms with Gasteiger partial charge in [-0.15, -0.1) is 45.3 Å². The molecule has 0 saturated heterocycles. The summed E-state index contributed by atoms with van der Waals surface area (Å²) in [6.07, 6.45) is 0. The van der Waals surface area contributed by atoms with Gasteiger partial charge in [-0.2, -0.15) is 0 Å². The van der Waals surface area contributed by atoms with Crippen LogP contribution < -0.4 is 24.5 Å². The molecule has 0 aliphatic heterocycles. The fourth-order valence-corrected chi connectivity index (χ4v) is 24.2. The number of hydrogen-bond acceptors (Lipinski definition) is 9. The molecule has 9 heteroatoms. The van der Waals surface area contributed by atoms with E-state index in [0.717, 1.165) is 96.4 Å². The minimum Gasteiger partial charge on any atom is -0.311 e. The molecule has 0 unspecified atom stereocenters. The van der Waals surface area contributed by atoms with E-state index in [1.54, 1.807) is 0 Å². The van der Waals surface area contributed by atoms with Crippen LogP contribution >= 0.6 is 45.3 Å². The van der Waals surface area contributed by atoms with Gasteiger partial charge in [0, 0.05) is 166 Å². The normalized spacial score (nSPS) is 11.4. The molecule has 25 rings (SSSR count). The van der Waals surface area contributed by atoms with Gasteiger partial charge in [0.05, 0.1) is 0 Å². The number of anilines is 15. The van der Waals surface area contributed by atoms with E-state index in [2.05, 4.69) is 540 Å². The number of para-hydroxylation sites is 5. The highest BCUT2D eigenvalue weighted by Gasteiger charge is 2.24. The molecule has 0 amide bonds. The van der Waals surface area contributed by atoms with E-state index in [1.165, 1.54) is 125 Å². The summed E-state index contributed by atoms with van der Waals surface area (Å²) in [7, 11) is 0. The molecule has 638 valence electrons. The minimum absolute atomic E-state index is 1.06. The molecule has 4 heterocycles. The topological polar surface area (TPSA) is 16.2 Å². The third kappa shape index (κ3) is 15.7. The van der Waals surface area contributed by atoms with E-state index < -0.39 is 0 Å². The van der Waals surface area contributed by atoms with Crippen LogP contribution in [0.5, 0.6) is 0 Å². The summed E-state index contributed by atoms with van der Waals surface area (Å²) in [5.41, 5.74) is 28.5. The van der Waals surface area contributed by atoms with Crippen molar-refractivity contribution in [2.24, 2.45) is 0 Å². The van der Waals surface area contributed by atoms with Crippen molar-refractivity contribution in [3.05, 3.63) is 516 Å². The molecule has 0 spiro atoms. The second kappa shape index (κ2) is 36.0. The molecule has 25 aromatic rings. The second-order valence-electron chi connectivity index (χ2n) is 33.8. The van der Waals surface area contributed by atoms with Crippen molar-refractivity contribution in [1.82, 2.24) is 0 Å². The molecule has 4 aromatic heterocycles. The summed E-state index contributed by atoms with van der Waals surface area (Å²) < 4.78 is 10.6. The molecule has 0 radical (unpaired) electrons. The van der Waals surface area contributed by atoms with Crippen LogP contribution in [0.3, 0.4) is 0 Å². The molecule has 0 aliphatic rings. The molecule has 0 saturated carbocycles. The highest BCUT2D eigenvalue weighted by molar-refractivity contribution is 7.27. The third-order valence-electron chi connectivity index (χ3n) is 25.8. The van der Waals surface area contributed by atoms with E-state index in [1.807, 2.05) is 45.3 Å². The standard InChI is InChI=1S/C84H58N4S2.C42H27NS2/c1-5-19-63(20-6-1)85(64-21-7-2-8-22-64)71-51-55-73(56-52-71)87(69-47-39-61(40-48-69)75-29-17-31-79-77-27-13-15-33-81(77)89-83(75)79)67-43-35-59(36-44-67)60-37-45-68(46-38-60)88(74-57-53-72(54-58-74)86(65-23-9-3-10-24-65)66-25-11-4-12-26-66)70-49-41-62(42-50-70)76-30-18-32-80-78-28-14-16-34-82(78)90-84(76)80;1-2-10-30(11-3-1)43(31-24-20-28(21-25-31)33-14-8-16-37-35-12-4-6-18-39(35)44-41(33)37)32-26-22-29(23-27-32)34-15-9-17-38-36-13-5-7-19-40(36)45-42(34)38/h1-58H;1-27H. The molecule has 5 nitrogen and oxygen atoms in total. The van der Waals surface area contributed by atoms with Gasteiger partial charge in [0.25, 0.3) is 0 Å². The lowest BCUT2D eigenvalue weighted by molar-refractivity contribution is 1.25. The van der Waals surface area contributed by atoms with E-state index >= 15 is 0 Å². The maximum absolute atomic E-state index is 2.37.